The Balaban J connectivity index is -0.0000000720. The second kappa shape index (κ2) is 11.2. The third kappa shape index (κ3) is 2820. The van der Waals surface area contributed by atoms with Crippen molar-refractivity contribution in [1.82, 2.24) is 0 Å². The van der Waals surface area contributed by atoms with Crippen LogP contribution >= 0.6 is 0 Å². The van der Waals surface area contributed by atoms with Crippen LogP contribution in [-0.4, -0.2) is 28.7 Å². The monoisotopic (exact) mass is 148 g/mol. The average Bonchev–Trinajstić information content (AvgIpc) is 1.25. The van der Waals surface area contributed by atoms with E-state index in [2.05, 4.69) is 0 Å². The summed E-state index contributed by atoms with van der Waals surface area (Å²) in [5.41, 5.74) is 0. The minimum atomic E-state index is -2.42. The number of rotatable bonds is 0. The first-order chi connectivity index (χ1) is 3.46. The summed E-state index contributed by atoms with van der Waals surface area (Å²) in [5, 5.41) is 29.5. The molecule has 0 rings (SSSR count). The number of hydrogen-bond acceptors (Lipinski definition) is 4. The van der Waals surface area contributed by atoms with Gasteiger partial charge in [-0.15, -0.1) is 4.39 Å². The molecule has 9 heavy (non-hydrogen) atoms. The predicted molar refractivity (Wildman–Crippen MR) is 19.3 cm³/mol. The van der Waals surface area contributed by atoms with Crippen LogP contribution in [0.25, 0.3) is 0 Å². The molecule has 0 aromatic rings. The van der Waals surface area contributed by atoms with Gasteiger partial charge in [0.05, 0.1) is 0 Å². The first kappa shape index (κ1) is 16.2. The molecule has 0 aliphatic carbocycles. The third-order valence-corrected chi connectivity index (χ3v) is 0. The van der Waals surface area contributed by atoms with Crippen molar-refractivity contribution in [3.05, 3.63) is 0 Å². The molecule has 48 valence electrons. The van der Waals surface area contributed by atoms with E-state index in [1.165, 1.54) is 0 Å². The van der Waals surface area contributed by atoms with Crippen molar-refractivity contribution in [2.45, 2.75) is 0 Å². The Morgan fingerprint density at radius 2 is 1.56 bits per heavy atom. The van der Waals surface area contributed by atoms with E-state index < -0.39 is 13.5 Å². The van der Waals surface area contributed by atoms with Crippen LogP contribution < -0.4 is 34.6 Å². The minimum absolute atomic E-state index is 0. The van der Waals surface area contributed by atoms with E-state index in [-0.39, 0.29) is 29.6 Å². The molecule has 0 aliphatic heterocycles. The van der Waals surface area contributed by atoms with E-state index >= 15 is 0 Å². The molecular formula is CH3BFNaO5. The summed E-state index contributed by atoms with van der Waals surface area (Å²) in [6.07, 6.45) is -2.33. The van der Waals surface area contributed by atoms with Gasteiger partial charge < -0.3 is 20.2 Å². The molecule has 0 amide bonds. The van der Waals surface area contributed by atoms with Gasteiger partial charge in [-0.25, -0.2) is 4.79 Å². The SMILES string of the molecule is O=C(O)F.[Na+].[O-]B(O)O. The van der Waals surface area contributed by atoms with Gasteiger partial charge in [0.2, 0.25) is 0 Å². The van der Waals surface area contributed by atoms with Crippen LogP contribution in [0.5, 0.6) is 0 Å². The van der Waals surface area contributed by atoms with Crippen LogP contribution in [0.2, 0.25) is 0 Å². The quantitative estimate of drug-likeness (QED) is 0.235. The van der Waals surface area contributed by atoms with E-state index in [1.807, 2.05) is 0 Å². The Labute approximate surface area is 72.6 Å². The standard InChI is InChI=1S/CHFO2.BH2O3.Na/c2*2-1(3)4;/h(H,3,4);2-3H;/q;-1;+1. The fourth-order valence-corrected chi connectivity index (χ4v) is 0. The zero-order chi connectivity index (χ0) is 7.15. The second-order valence-corrected chi connectivity index (χ2v) is 0.579. The van der Waals surface area contributed by atoms with E-state index in [1.54, 1.807) is 0 Å². The third-order valence-electron chi connectivity index (χ3n) is 0. The minimum Gasteiger partial charge on any atom is -0.832 e. The van der Waals surface area contributed by atoms with Gasteiger partial charge in [-0.1, -0.05) is 0 Å². The van der Waals surface area contributed by atoms with Gasteiger partial charge in [-0.2, -0.15) is 0 Å². The Kier molecular flexibility index (Phi) is 20.1. The summed E-state index contributed by atoms with van der Waals surface area (Å²) in [4.78, 5) is 8.33. The Hall–Kier alpha value is 0.345. The normalized spacial score (nSPS) is 5.78. The predicted octanol–water partition coefficient (Wildman–Crippen LogP) is -5.05. The molecule has 0 radical (unpaired) electrons. The molecule has 0 aromatic carbocycles. The molecule has 3 N–H and O–H groups in total. The molecule has 0 spiro atoms. The Morgan fingerprint density at radius 1 is 1.56 bits per heavy atom. The van der Waals surface area contributed by atoms with Crippen molar-refractivity contribution in [3.63, 3.8) is 0 Å². The Morgan fingerprint density at radius 3 is 1.56 bits per heavy atom. The van der Waals surface area contributed by atoms with E-state index in [0.29, 0.717) is 0 Å². The van der Waals surface area contributed by atoms with Crippen LogP contribution in [0.15, 0.2) is 0 Å². The maximum atomic E-state index is 9.92. The molecule has 0 atom stereocenters. The summed E-state index contributed by atoms with van der Waals surface area (Å²) in [7, 11) is -2.42. The summed E-state index contributed by atoms with van der Waals surface area (Å²) in [6, 6.07) is 0. The Bertz CT molecular complexity index is 61.2. The molecular weight excluding hydrogens is 145 g/mol. The molecule has 0 unspecified atom stereocenters. The average molecular weight is 148 g/mol. The summed E-state index contributed by atoms with van der Waals surface area (Å²) < 4.78 is 9.92. The number of carbonyl (C=O) groups is 1. The smallest absolute Gasteiger partial charge is 0.832 e. The van der Waals surface area contributed by atoms with Crippen LogP contribution in [0.4, 0.5) is 9.18 Å². The molecule has 0 saturated carbocycles. The zero-order valence-corrected chi connectivity index (χ0v) is 6.61. The fourth-order valence-electron chi connectivity index (χ4n) is 0. The maximum absolute atomic E-state index is 9.92. The largest absolute Gasteiger partial charge is 1.00 e. The summed E-state index contributed by atoms with van der Waals surface area (Å²) >= 11 is 0. The van der Waals surface area contributed by atoms with Gasteiger partial charge >= 0.3 is 43.1 Å². The molecule has 0 fully saturated rings. The van der Waals surface area contributed by atoms with Crippen LogP contribution in [0.1, 0.15) is 0 Å². The first-order valence-corrected chi connectivity index (χ1v) is 1.37. The van der Waals surface area contributed by atoms with Gasteiger partial charge in [-0.3, -0.25) is 0 Å². The molecule has 0 aromatic heterocycles. The maximum Gasteiger partial charge on any atom is 1.00 e. The van der Waals surface area contributed by atoms with Gasteiger partial charge in [0.1, 0.15) is 0 Å². The van der Waals surface area contributed by atoms with Gasteiger partial charge in [-0.05, 0) is 0 Å². The van der Waals surface area contributed by atoms with Gasteiger partial charge in [0.15, 0.2) is 0 Å². The number of halogens is 1. The van der Waals surface area contributed by atoms with Crippen LogP contribution in [0, 0.1) is 0 Å². The van der Waals surface area contributed by atoms with Crippen LogP contribution in [-0.2, 0) is 0 Å². The van der Waals surface area contributed by atoms with Crippen molar-refractivity contribution in [1.29, 1.82) is 0 Å². The van der Waals surface area contributed by atoms with Crippen molar-refractivity contribution in [2.75, 3.05) is 0 Å². The van der Waals surface area contributed by atoms with Crippen LogP contribution in [0.3, 0.4) is 0 Å². The van der Waals surface area contributed by atoms with E-state index in [0.717, 1.165) is 0 Å². The molecule has 8 heteroatoms. The summed E-state index contributed by atoms with van der Waals surface area (Å²) in [5.74, 6) is 0. The number of hydrogen-bond donors (Lipinski definition) is 3. The molecule has 5 nitrogen and oxygen atoms in total. The zero-order valence-electron chi connectivity index (χ0n) is 4.61. The summed E-state index contributed by atoms with van der Waals surface area (Å²) in [6.45, 7) is 0. The van der Waals surface area contributed by atoms with Crippen molar-refractivity contribution < 1.29 is 58.9 Å². The van der Waals surface area contributed by atoms with Gasteiger partial charge in [0, 0.05) is 0 Å². The van der Waals surface area contributed by atoms with Crippen molar-refractivity contribution in [3.8, 4) is 0 Å². The van der Waals surface area contributed by atoms with Crippen molar-refractivity contribution in [2.24, 2.45) is 0 Å². The topological polar surface area (TPSA) is 101 Å². The molecule has 0 aliphatic rings. The fraction of sp³-hybridized carbons (Fsp3) is 0. The van der Waals surface area contributed by atoms with E-state index in [9.17, 15) is 4.39 Å². The second-order valence-electron chi connectivity index (χ2n) is 0.579. The molecule has 0 saturated heterocycles. The van der Waals surface area contributed by atoms with Crippen molar-refractivity contribution >= 4 is 13.5 Å². The van der Waals surface area contributed by atoms with E-state index in [4.69, 9.17) is 25.0 Å². The van der Waals surface area contributed by atoms with Gasteiger partial charge in [0.25, 0.3) is 0 Å². The first-order valence-electron chi connectivity index (χ1n) is 1.37. The molecule has 0 heterocycles. The number of carboxylic acid groups (broad SMARTS) is 1. The molecule has 0 bridgehead atoms.